The van der Waals surface area contributed by atoms with Crippen molar-refractivity contribution in [2.75, 3.05) is 19.7 Å². The van der Waals surface area contributed by atoms with Gasteiger partial charge in [-0.2, -0.15) is 0 Å². The summed E-state index contributed by atoms with van der Waals surface area (Å²) in [4.78, 5) is 4.56. The fourth-order valence-corrected chi connectivity index (χ4v) is 2.67. The van der Waals surface area contributed by atoms with E-state index in [0.717, 1.165) is 44.2 Å². The Bertz CT molecular complexity index is 501. The first-order chi connectivity index (χ1) is 10.1. The van der Waals surface area contributed by atoms with E-state index in [9.17, 15) is 0 Å². The van der Waals surface area contributed by atoms with Crippen LogP contribution in [0.15, 0.2) is 11.1 Å². The van der Waals surface area contributed by atoms with Crippen LogP contribution in [-0.2, 0) is 18.3 Å². The quantitative estimate of drug-likeness (QED) is 0.403. The molecule has 126 valence electrons. The van der Waals surface area contributed by atoms with E-state index in [0.29, 0.717) is 16.7 Å². The zero-order valence-electron chi connectivity index (χ0n) is 12.9. The van der Waals surface area contributed by atoms with E-state index >= 15 is 0 Å². The summed E-state index contributed by atoms with van der Waals surface area (Å²) in [6.45, 7) is 5.01. The standard InChI is InChI=1S/C14H22Cl2N4O.HI/c1-3-17-14(19-9-11-5-4-6-21-11)18-8-10-7-12(15)13(16)20(10)2;/h7,11H,3-6,8-9H2,1-2H3,(H2,17,18,19);1H. The maximum Gasteiger partial charge on any atom is 0.191 e. The number of nitrogens with one attached hydrogen (secondary N) is 2. The second-order valence-electron chi connectivity index (χ2n) is 5.04. The zero-order valence-corrected chi connectivity index (χ0v) is 16.7. The molecule has 5 nitrogen and oxygen atoms in total. The molecule has 1 saturated heterocycles. The van der Waals surface area contributed by atoms with Gasteiger partial charge in [-0.25, -0.2) is 4.99 Å². The fraction of sp³-hybridized carbons (Fsp3) is 0.643. The first kappa shape index (κ1) is 19.9. The smallest absolute Gasteiger partial charge is 0.191 e. The SMILES string of the molecule is CCNC(=NCc1cc(Cl)c(Cl)n1C)NCC1CCCO1.I. The number of nitrogens with zero attached hydrogens (tertiary/aromatic N) is 2. The zero-order chi connectivity index (χ0) is 15.2. The summed E-state index contributed by atoms with van der Waals surface area (Å²) in [6, 6.07) is 1.84. The third-order valence-electron chi connectivity index (χ3n) is 3.48. The molecular formula is C14H23Cl2IN4O. The van der Waals surface area contributed by atoms with Gasteiger partial charge in [-0.15, -0.1) is 24.0 Å². The monoisotopic (exact) mass is 460 g/mol. The molecule has 0 saturated carbocycles. The van der Waals surface area contributed by atoms with E-state index in [1.54, 1.807) is 0 Å². The third kappa shape index (κ3) is 5.47. The van der Waals surface area contributed by atoms with Gasteiger partial charge in [0.2, 0.25) is 0 Å². The van der Waals surface area contributed by atoms with Gasteiger partial charge in [0.15, 0.2) is 5.96 Å². The van der Waals surface area contributed by atoms with Crippen molar-refractivity contribution in [3.63, 3.8) is 0 Å². The van der Waals surface area contributed by atoms with Crippen LogP contribution in [0.2, 0.25) is 10.2 Å². The molecule has 1 aromatic rings. The van der Waals surface area contributed by atoms with Crippen LogP contribution in [0.1, 0.15) is 25.5 Å². The lowest BCUT2D eigenvalue weighted by Crippen LogP contribution is -2.41. The molecule has 0 aromatic carbocycles. The second-order valence-corrected chi connectivity index (χ2v) is 5.81. The summed E-state index contributed by atoms with van der Waals surface area (Å²) >= 11 is 12.1. The number of halogens is 3. The minimum atomic E-state index is 0. The van der Waals surface area contributed by atoms with E-state index in [1.165, 1.54) is 0 Å². The van der Waals surface area contributed by atoms with Crippen LogP contribution in [0.4, 0.5) is 0 Å². The van der Waals surface area contributed by atoms with Gasteiger partial charge >= 0.3 is 0 Å². The van der Waals surface area contributed by atoms with Crippen LogP contribution >= 0.6 is 47.2 Å². The van der Waals surface area contributed by atoms with Crippen molar-refractivity contribution in [2.45, 2.75) is 32.4 Å². The molecule has 0 radical (unpaired) electrons. The molecule has 0 spiro atoms. The average molecular weight is 461 g/mol. The Kier molecular flexibility index (Phi) is 8.89. The summed E-state index contributed by atoms with van der Waals surface area (Å²) in [5.74, 6) is 0.779. The highest BCUT2D eigenvalue weighted by atomic mass is 127. The molecule has 1 fully saturated rings. The van der Waals surface area contributed by atoms with Crippen molar-refractivity contribution in [1.82, 2.24) is 15.2 Å². The van der Waals surface area contributed by atoms with Gasteiger partial charge in [0.25, 0.3) is 0 Å². The first-order valence-electron chi connectivity index (χ1n) is 7.25. The van der Waals surface area contributed by atoms with Crippen molar-refractivity contribution in [2.24, 2.45) is 12.0 Å². The van der Waals surface area contributed by atoms with Crippen molar-refractivity contribution < 1.29 is 4.74 Å². The molecule has 0 bridgehead atoms. The first-order valence-corrected chi connectivity index (χ1v) is 8.00. The molecule has 1 aliphatic rings. The Hall–Kier alpha value is -0.180. The number of hydrogen-bond acceptors (Lipinski definition) is 2. The summed E-state index contributed by atoms with van der Waals surface area (Å²) in [6.07, 6.45) is 2.53. The van der Waals surface area contributed by atoms with Crippen molar-refractivity contribution in [3.05, 3.63) is 21.9 Å². The Morgan fingerprint density at radius 3 is 2.77 bits per heavy atom. The Balaban J connectivity index is 0.00000242. The molecule has 1 atom stereocenters. The molecule has 2 heterocycles. The lowest BCUT2D eigenvalue weighted by Gasteiger charge is -2.14. The third-order valence-corrected chi connectivity index (χ3v) is 4.32. The van der Waals surface area contributed by atoms with Gasteiger partial charge in [0, 0.05) is 32.4 Å². The summed E-state index contributed by atoms with van der Waals surface area (Å²) in [5.41, 5.74) is 0.972. The Morgan fingerprint density at radius 1 is 1.45 bits per heavy atom. The van der Waals surface area contributed by atoms with Gasteiger partial charge in [-0.3, -0.25) is 0 Å². The lowest BCUT2D eigenvalue weighted by molar-refractivity contribution is 0.114. The predicted molar refractivity (Wildman–Crippen MR) is 103 cm³/mol. The summed E-state index contributed by atoms with van der Waals surface area (Å²) in [7, 11) is 1.88. The number of rotatable bonds is 5. The molecular weight excluding hydrogens is 438 g/mol. The molecule has 1 unspecified atom stereocenters. The van der Waals surface area contributed by atoms with Gasteiger partial charge in [0.1, 0.15) is 5.15 Å². The molecule has 1 aromatic heterocycles. The topological polar surface area (TPSA) is 50.6 Å². The summed E-state index contributed by atoms with van der Waals surface area (Å²) in [5, 5.41) is 7.64. The molecule has 1 aliphatic heterocycles. The van der Waals surface area contributed by atoms with Crippen LogP contribution in [0.5, 0.6) is 0 Å². The van der Waals surface area contributed by atoms with E-state index in [1.807, 2.05) is 24.6 Å². The molecule has 2 rings (SSSR count). The van der Waals surface area contributed by atoms with Crippen LogP contribution in [0.3, 0.4) is 0 Å². The van der Waals surface area contributed by atoms with E-state index in [4.69, 9.17) is 27.9 Å². The molecule has 8 heteroatoms. The Morgan fingerprint density at radius 2 is 2.23 bits per heavy atom. The Labute approximate surface area is 158 Å². The molecule has 0 amide bonds. The predicted octanol–water partition coefficient (Wildman–Crippen LogP) is 3.18. The van der Waals surface area contributed by atoms with Gasteiger partial charge < -0.3 is 19.9 Å². The second kappa shape index (κ2) is 9.85. The minimum absolute atomic E-state index is 0. The number of aromatic nitrogens is 1. The molecule has 22 heavy (non-hydrogen) atoms. The van der Waals surface area contributed by atoms with E-state index in [2.05, 4.69) is 15.6 Å². The molecule has 2 N–H and O–H groups in total. The van der Waals surface area contributed by atoms with Gasteiger partial charge in [-0.05, 0) is 25.8 Å². The summed E-state index contributed by atoms with van der Waals surface area (Å²) < 4.78 is 7.44. The van der Waals surface area contributed by atoms with Crippen molar-refractivity contribution in [1.29, 1.82) is 0 Å². The van der Waals surface area contributed by atoms with Gasteiger partial charge in [0.05, 0.1) is 17.7 Å². The van der Waals surface area contributed by atoms with E-state index < -0.39 is 0 Å². The minimum Gasteiger partial charge on any atom is -0.376 e. The normalized spacial score (nSPS) is 18.2. The largest absolute Gasteiger partial charge is 0.376 e. The highest BCUT2D eigenvalue weighted by Gasteiger charge is 2.15. The lowest BCUT2D eigenvalue weighted by atomic mass is 10.2. The number of ether oxygens (including phenoxy) is 1. The highest BCUT2D eigenvalue weighted by molar-refractivity contribution is 14.0. The number of aliphatic imine (C=N–C) groups is 1. The van der Waals surface area contributed by atoms with Crippen molar-refractivity contribution >= 4 is 53.1 Å². The number of hydrogen-bond donors (Lipinski definition) is 2. The highest BCUT2D eigenvalue weighted by Crippen LogP contribution is 2.25. The van der Waals surface area contributed by atoms with Crippen LogP contribution < -0.4 is 10.6 Å². The van der Waals surface area contributed by atoms with Crippen molar-refractivity contribution in [3.8, 4) is 0 Å². The van der Waals surface area contributed by atoms with E-state index in [-0.39, 0.29) is 30.1 Å². The van der Waals surface area contributed by atoms with Crippen LogP contribution in [-0.4, -0.2) is 36.3 Å². The maximum absolute atomic E-state index is 6.06. The van der Waals surface area contributed by atoms with Gasteiger partial charge in [-0.1, -0.05) is 23.2 Å². The number of guanidine groups is 1. The fourth-order valence-electron chi connectivity index (χ4n) is 2.26. The van der Waals surface area contributed by atoms with Crippen LogP contribution in [0.25, 0.3) is 0 Å². The molecule has 0 aliphatic carbocycles. The average Bonchev–Trinajstić information content (AvgIpc) is 3.07. The van der Waals surface area contributed by atoms with Crippen LogP contribution in [0, 0.1) is 0 Å². The maximum atomic E-state index is 6.06.